The van der Waals surface area contributed by atoms with E-state index in [1.165, 1.54) is 18.6 Å². The lowest BCUT2D eigenvalue weighted by molar-refractivity contribution is -0.276. The van der Waals surface area contributed by atoms with Gasteiger partial charge in [0.05, 0.1) is 5.56 Å². The van der Waals surface area contributed by atoms with E-state index < -0.39 is 35.4 Å². The predicted octanol–water partition coefficient (Wildman–Crippen LogP) is 8.07. The molecule has 0 amide bonds. The Hall–Kier alpha value is -2.45. The van der Waals surface area contributed by atoms with Crippen LogP contribution in [-0.2, 0) is 6.11 Å². The molecule has 0 aliphatic heterocycles. The van der Waals surface area contributed by atoms with Gasteiger partial charge in [-0.15, -0.1) is 13.2 Å². The summed E-state index contributed by atoms with van der Waals surface area (Å²) in [6, 6.07) is 6.14. The first-order chi connectivity index (χ1) is 15.0. The second kappa shape index (κ2) is 9.58. The van der Waals surface area contributed by atoms with Gasteiger partial charge in [0.25, 0.3) is 0 Å². The molecule has 3 rings (SSSR count). The van der Waals surface area contributed by atoms with Gasteiger partial charge in [0, 0.05) is 0 Å². The molecule has 0 bridgehead atoms. The Bertz CT molecular complexity index is 879. The normalized spacial score (nSPS) is 19.6. The number of rotatable bonds is 7. The Kier molecular flexibility index (Phi) is 7.25. The van der Waals surface area contributed by atoms with E-state index in [9.17, 15) is 30.7 Å². The van der Waals surface area contributed by atoms with Crippen LogP contribution in [-0.4, -0.2) is 6.36 Å². The molecule has 0 saturated heterocycles. The highest BCUT2D eigenvalue weighted by Gasteiger charge is 2.39. The van der Waals surface area contributed by atoms with Gasteiger partial charge in [0.2, 0.25) is 5.75 Å². The average Bonchev–Trinajstić information content (AvgIpc) is 2.71. The fourth-order valence-electron chi connectivity index (χ4n) is 4.15. The van der Waals surface area contributed by atoms with E-state index in [0.717, 1.165) is 43.6 Å². The third-order valence-corrected chi connectivity index (χ3v) is 5.69. The highest BCUT2D eigenvalue weighted by Crippen LogP contribution is 2.39. The van der Waals surface area contributed by atoms with Crippen molar-refractivity contribution in [1.82, 2.24) is 0 Å². The highest BCUT2D eigenvalue weighted by molar-refractivity contribution is 5.35. The smallest absolute Gasteiger partial charge is 0.429 e. The minimum Gasteiger partial charge on any atom is -0.429 e. The van der Waals surface area contributed by atoms with Crippen molar-refractivity contribution in [3.63, 3.8) is 0 Å². The second-order valence-corrected chi connectivity index (χ2v) is 8.01. The van der Waals surface area contributed by atoms with Crippen molar-refractivity contribution in [3.05, 3.63) is 59.2 Å². The van der Waals surface area contributed by atoms with Gasteiger partial charge >= 0.3 is 12.5 Å². The summed E-state index contributed by atoms with van der Waals surface area (Å²) in [5.41, 5.74) is -0.276. The molecule has 0 aromatic heterocycles. The molecule has 0 radical (unpaired) electrons. The van der Waals surface area contributed by atoms with Crippen molar-refractivity contribution < 1.29 is 40.2 Å². The molecule has 1 aliphatic rings. The molecule has 1 aliphatic carbocycles. The van der Waals surface area contributed by atoms with Gasteiger partial charge in [-0.2, -0.15) is 8.78 Å². The predicted molar refractivity (Wildman–Crippen MR) is 104 cm³/mol. The van der Waals surface area contributed by atoms with Crippen LogP contribution < -0.4 is 9.47 Å². The Labute approximate surface area is 181 Å². The van der Waals surface area contributed by atoms with Crippen molar-refractivity contribution in [1.29, 1.82) is 0 Å². The van der Waals surface area contributed by atoms with Gasteiger partial charge in [-0.1, -0.05) is 31.9 Å². The van der Waals surface area contributed by atoms with E-state index in [-0.39, 0.29) is 17.9 Å². The number of ether oxygens (including phenoxy) is 2. The SMILES string of the molecule is CCCC1CCC(c2ccc(OC(F)(F)c3cc(F)c(OC(F)(F)F)c(F)c3)cc2)CC1. The largest absolute Gasteiger partial charge is 0.573 e. The minimum atomic E-state index is -5.38. The first-order valence-electron chi connectivity index (χ1n) is 10.4. The zero-order valence-electron chi connectivity index (χ0n) is 17.3. The summed E-state index contributed by atoms with van der Waals surface area (Å²) in [6.07, 6.45) is -2.91. The quantitative estimate of drug-likeness (QED) is 0.386. The fourth-order valence-corrected chi connectivity index (χ4v) is 4.15. The summed E-state index contributed by atoms with van der Waals surface area (Å²) >= 11 is 0. The highest BCUT2D eigenvalue weighted by atomic mass is 19.4. The summed E-state index contributed by atoms with van der Waals surface area (Å²) in [4.78, 5) is 0. The van der Waals surface area contributed by atoms with Crippen LogP contribution in [0.25, 0.3) is 0 Å². The lowest BCUT2D eigenvalue weighted by Gasteiger charge is -2.28. The van der Waals surface area contributed by atoms with Crippen molar-refractivity contribution in [2.45, 2.75) is 63.8 Å². The van der Waals surface area contributed by atoms with E-state index in [2.05, 4.69) is 16.4 Å². The van der Waals surface area contributed by atoms with Crippen LogP contribution >= 0.6 is 0 Å². The molecular formula is C23H23F7O2. The molecule has 2 aromatic rings. The van der Waals surface area contributed by atoms with Crippen molar-refractivity contribution in [3.8, 4) is 11.5 Å². The Morgan fingerprint density at radius 2 is 1.41 bits per heavy atom. The van der Waals surface area contributed by atoms with Crippen molar-refractivity contribution in [2.24, 2.45) is 5.92 Å². The summed E-state index contributed by atoms with van der Waals surface area (Å²) in [5.74, 6) is -4.83. The lowest BCUT2D eigenvalue weighted by atomic mass is 9.77. The molecule has 0 unspecified atom stereocenters. The van der Waals surface area contributed by atoms with Gasteiger partial charge in [-0.25, -0.2) is 8.78 Å². The molecule has 0 N–H and O–H groups in total. The number of halogens is 7. The first kappa shape index (κ1) is 24.2. The number of hydrogen-bond donors (Lipinski definition) is 0. The van der Waals surface area contributed by atoms with Gasteiger partial charge in [0.15, 0.2) is 11.6 Å². The van der Waals surface area contributed by atoms with Gasteiger partial charge in [0.1, 0.15) is 5.75 Å². The zero-order valence-corrected chi connectivity index (χ0v) is 17.3. The molecule has 0 atom stereocenters. The third-order valence-electron chi connectivity index (χ3n) is 5.69. The topological polar surface area (TPSA) is 18.5 Å². The van der Waals surface area contributed by atoms with E-state index in [4.69, 9.17) is 0 Å². The second-order valence-electron chi connectivity index (χ2n) is 8.01. The van der Waals surface area contributed by atoms with Crippen molar-refractivity contribution >= 4 is 0 Å². The van der Waals surface area contributed by atoms with Crippen LogP contribution in [0.3, 0.4) is 0 Å². The molecule has 2 nitrogen and oxygen atoms in total. The molecular weight excluding hydrogens is 441 g/mol. The fraction of sp³-hybridized carbons (Fsp3) is 0.478. The first-order valence-corrected chi connectivity index (χ1v) is 10.4. The monoisotopic (exact) mass is 464 g/mol. The maximum absolute atomic E-state index is 14.4. The molecule has 2 aromatic carbocycles. The Morgan fingerprint density at radius 3 is 1.91 bits per heavy atom. The van der Waals surface area contributed by atoms with Crippen LogP contribution in [0, 0.1) is 17.6 Å². The molecule has 0 spiro atoms. The van der Waals surface area contributed by atoms with E-state index >= 15 is 0 Å². The van der Waals surface area contributed by atoms with E-state index in [0.29, 0.717) is 5.92 Å². The molecule has 1 fully saturated rings. The van der Waals surface area contributed by atoms with Gasteiger partial charge in [-0.3, -0.25) is 0 Å². The van der Waals surface area contributed by atoms with E-state index in [1.807, 2.05) is 0 Å². The van der Waals surface area contributed by atoms with Gasteiger partial charge in [-0.05, 0) is 67.3 Å². The van der Waals surface area contributed by atoms with Crippen LogP contribution in [0.2, 0.25) is 0 Å². The third kappa shape index (κ3) is 6.07. The van der Waals surface area contributed by atoms with Crippen LogP contribution in [0.1, 0.15) is 62.5 Å². The number of benzene rings is 2. The minimum absolute atomic E-state index is 0.0489. The molecule has 9 heteroatoms. The number of alkyl halides is 5. The summed E-state index contributed by atoms with van der Waals surface area (Å²) in [5, 5.41) is 0. The van der Waals surface area contributed by atoms with Gasteiger partial charge < -0.3 is 9.47 Å². The average molecular weight is 464 g/mol. The molecule has 176 valence electrons. The molecule has 1 saturated carbocycles. The number of hydrogen-bond acceptors (Lipinski definition) is 2. The molecule has 0 heterocycles. The summed E-state index contributed by atoms with van der Waals surface area (Å²) < 4.78 is 101. The maximum Gasteiger partial charge on any atom is 0.573 e. The lowest BCUT2D eigenvalue weighted by Crippen LogP contribution is -2.24. The van der Waals surface area contributed by atoms with Crippen molar-refractivity contribution in [2.75, 3.05) is 0 Å². The summed E-state index contributed by atoms with van der Waals surface area (Å²) in [7, 11) is 0. The van der Waals surface area contributed by atoms with Crippen LogP contribution in [0.15, 0.2) is 36.4 Å². The maximum atomic E-state index is 14.4. The zero-order chi connectivity index (χ0) is 23.5. The van der Waals surface area contributed by atoms with Crippen LogP contribution in [0.4, 0.5) is 30.7 Å². The molecule has 32 heavy (non-hydrogen) atoms. The summed E-state index contributed by atoms with van der Waals surface area (Å²) in [6.45, 7) is 2.16. The Morgan fingerprint density at radius 1 is 0.844 bits per heavy atom. The Balaban J connectivity index is 1.69. The standard InChI is InChI=1S/C23H23F7O2/c1-2-3-14-4-6-15(7-5-14)16-8-10-18(11-9-16)31-22(26,27)17-12-19(24)21(20(25)13-17)32-23(28,29)30/h8-15H,2-7H2,1H3. The van der Waals surface area contributed by atoms with Crippen LogP contribution in [0.5, 0.6) is 11.5 Å². The van der Waals surface area contributed by atoms with E-state index in [1.54, 1.807) is 12.1 Å².